The van der Waals surface area contributed by atoms with E-state index in [1.165, 1.54) is 10.9 Å². The first-order chi connectivity index (χ1) is 11.4. The van der Waals surface area contributed by atoms with Crippen molar-refractivity contribution >= 4 is 51.8 Å². The maximum atomic E-state index is 12.4. The van der Waals surface area contributed by atoms with E-state index in [0.717, 1.165) is 17.6 Å². The third-order valence-corrected chi connectivity index (χ3v) is 4.47. The van der Waals surface area contributed by atoms with E-state index >= 15 is 0 Å². The van der Waals surface area contributed by atoms with Crippen molar-refractivity contribution in [2.45, 2.75) is 22.7 Å². The molecule has 0 radical (unpaired) electrons. The van der Waals surface area contributed by atoms with E-state index in [4.69, 9.17) is 39.5 Å². The molecule has 0 fully saturated rings. The van der Waals surface area contributed by atoms with E-state index in [1.807, 2.05) is 18.2 Å². The van der Waals surface area contributed by atoms with Crippen LogP contribution < -0.4 is 0 Å². The van der Waals surface area contributed by atoms with Crippen molar-refractivity contribution in [2.24, 2.45) is 0 Å². The first-order valence-electron chi connectivity index (χ1n) is 7.61. The molecule has 128 valence electrons. The van der Waals surface area contributed by atoms with Crippen molar-refractivity contribution < 1.29 is 9.53 Å². The van der Waals surface area contributed by atoms with Crippen LogP contribution in [0.15, 0.2) is 36.9 Å². The molecule has 4 nitrogen and oxygen atoms in total. The molecule has 0 spiro atoms. The Labute approximate surface area is 155 Å². The average Bonchev–Trinajstić information content (AvgIpc) is 2.91. The summed E-state index contributed by atoms with van der Waals surface area (Å²) >= 11 is 17.0. The molecular weight excluding hydrogens is 371 g/mol. The van der Waals surface area contributed by atoms with Crippen molar-refractivity contribution in [3.05, 3.63) is 48.2 Å². The van der Waals surface area contributed by atoms with Gasteiger partial charge in [0.15, 0.2) is 0 Å². The highest BCUT2D eigenvalue weighted by molar-refractivity contribution is 6.67. The Hall–Kier alpha value is -1.36. The van der Waals surface area contributed by atoms with Crippen LogP contribution in [0.3, 0.4) is 0 Å². The zero-order chi connectivity index (χ0) is 17.3. The summed E-state index contributed by atoms with van der Waals surface area (Å²) < 4.78 is 3.54. The predicted octanol–water partition coefficient (Wildman–Crippen LogP) is 5.15. The quantitative estimate of drug-likeness (QED) is 0.585. The van der Waals surface area contributed by atoms with Crippen LogP contribution in [0.1, 0.15) is 23.7 Å². The first kappa shape index (κ1) is 17.5. The number of benzene rings is 1. The Bertz CT molecular complexity index is 767. The van der Waals surface area contributed by atoms with Crippen LogP contribution in [0, 0.1) is 0 Å². The van der Waals surface area contributed by atoms with Crippen LogP contribution in [0.25, 0.3) is 10.9 Å². The van der Waals surface area contributed by atoms with Crippen molar-refractivity contribution in [1.29, 1.82) is 0 Å². The van der Waals surface area contributed by atoms with Gasteiger partial charge in [0, 0.05) is 23.1 Å². The van der Waals surface area contributed by atoms with Gasteiger partial charge in [-0.1, -0.05) is 59.1 Å². The molecule has 0 aliphatic carbocycles. The van der Waals surface area contributed by atoms with Gasteiger partial charge in [-0.3, -0.25) is 4.90 Å². The highest BCUT2D eigenvalue weighted by atomic mass is 35.6. The van der Waals surface area contributed by atoms with Gasteiger partial charge in [0.05, 0.1) is 6.04 Å². The Morgan fingerprint density at radius 2 is 2.17 bits per heavy atom. The molecule has 1 atom stereocenters. The molecule has 2 aromatic rings. The zero-order valence-corrected chi connectivity index (χ0v) is 15.2. The summed E-state index contributed by atoms with van der Waals surface area (Å²) in [4.78, 5) is 17.5. The molecule has 24 heavy (non-hydrogen) atoms. The first-order valence-corrected chi connectivity index (χ1v) is 8.74. The number of halogens is 3. The molecule has 3 rings (SSSR count). The molecule has 7 heteroatoms. The summed E-state index contributed by atoms with van der Waals surface area (Å²) in [5.41, 5.74) is 3.32. The maximum absolute atomic E-state index is 12.4. The molecule has 2 heterocycles. The minimum Gasteiger partial charge on any atom is -0.445 e. The Kier molecular flexibility index (Phi) is 5.00. The van der Waals surface area contributed by atoms with E-state index in [-0.39, 0.29) is 12.6 Å². The van der Waals surface area contributed by atoms with Crippen LogP contribution in [-0.2, 0) is 11.2 Å². The third-order valence-electron chi connectivity index (χ3n) is 4.14. The summed E-state index contributed by atoms with van der Waals surface area (Å²) in [6, 6.07) is 7.96. The number of alkyl halides is 3. The monoisotopic (exact) mass is 386 g/mol. The molecule has 1 aliphatic heterocycles. The fourth-order valence-electron chi connectivity index (χ4n) is 3.17. The molecule has 0 bridgehead atoms. The van der Waals surface area contributed by atoms with Gasteiger partial charge >= 0.3 is 6.09 Å². The summed E-state index contributed by atoms with van der Waals surface area (Å²) in [6.45, 7) is 4.07. The summed E-state index contributed by atoms with van der Waals surface area (Å²) in [6.07, 6.45) is 2.66. The number of amides is 1. The van der Waals surface area contributed by atoms with Crippen molar-refractivity contribution in [2.75, 3.05) is 13.2 Å². The number of nitrogens with zero attached hydrogens (tertiary/aromatic N) is 1. The van der Waals surface area contributed by atoms with Gasteiger partial charge < -0.3 is 9.72 Å². The standard InChI is InChI=1S/C17H17Cl3N2O2/c1-2-5-14-15-12(11-6-3-4-7-13(11)21-15)8-9-22(14)16(23)24-10-17(18,19)20/h2-4,6-7,14,21H,1,5,8-10H2. The van der Waals surface area contributed by atoms with Crippen molar-refractivity contribution in [3.8, 4) is 0 Å². The summed E-state index contributed by atoms with van der Waals surface area (Å²) in [5.74, 6) is 0. The summed E-state index contributed by atoms with van der Waals surface area (Å²) in [7, 11) is 0. The van der Waals surface area contributed by atoms with E-state index in [9.17, 15) is 4.79 Å². The minimum atomic E-state index is -1.62. The molecule has 1 N–H and O–H groups in total. The largest absolute Gasteiger partial charge is 0.445 e. The number of aromatic nitrogens is 1. The van der Waals surface area contributed by atoms with Gasteiger partial charge in [-0.15, -0.1) is 6.58 Å². The number of hydrogen-bond acceptors (Lipinski definition) is 2. The molecule has 1 aliphatic rings. The van der Waals surface area contributed by atoms with Crippen molar-refractivity contribution in [1.82, 2.24) is 9.88 Å². The van der Waals surface area contributed by atoms with Gasteiger partial charge in [0.1, 0.15) is 6.61 Å². The number of nitrogens with one attached hydrogen (secondary N) is 1. The highest BCUT2D eigenvalue weighted by Crippen LogP contribution is 2.37. The Balaban J connectivity index is 1.90. The number of aromatic amines is 1. The number of hydrogen-bond donors (Lipinski definition) is 1. The third kappa shape index (κ3) is 3.51. The van der Waals surface area contributed by atoms with E-state index in [1.54, 1.807) is 11.0 Å². The van der Waals surface area contributed by atoms with E-state index < -0.39 is 9.89 Å². The minimum absolute atomic E-state index is 0.165. The fourth-order valence-corrected chi connectivity index (χ4v) is 3.33. The van der Waals surface area contributed by atoms with E-state index in [2.05, 4.69) is 17.6 Å². The van der Waals surface area contributed by atoms with Crippen LogP contribution in [0.2, 0.25) is 0 Å². The highest BCUT2D eigenvalue weighted by Gasteiger charge is 2.34. The van der Waals surface area contributed by atoms with Crippen LogP contribution >= 0.6 is 34.8 Å². The Morgan fingerprint density at radius 1 is 1.42 bits per heavy atom. The van der Waals surface area contributed by atoms with Crippen molar-refractivity contribution in [3.63, 3.8) is 0 Å². The second-order valence-electron chi connectivity index (χ2n) is 5.72. The number of ether oxygens (including phenoxy) is 1. The number of para-hydroxylation sites is 1. The SMILES string of the molecule is C=CCC1c2[nH]c3ccccc3c2CCN1C(=O)OCC(Cl)(Cl)Cl. The summed E-state index contributed by atoms with van der Waals surface area (Å²) in [5, 5.41) is 1.19. The lowest BCUT2D eigenvalue weighted by atomic mass is 9.96. The molecule has 1 amide bonds. The normalized spacial score (nSPS) is 17.6. The second kappa shape index (κ2) is 6.87. The average molecular weight is 388 g/mol. The number of rotatable bonds is 3. The van der Waals surface area contributed by atoms with Gasteiger partial charge in [0.25, 0.3) is 0 Å². The number of H-pyrrole nitrogens is 1. The lowest BCUT2D eigenvalue weighted by Crippen LogP contribution is -2.41. The van der Waals surface area contributed by atoms with Crippen LogP contribution in [-0.4, -0.2) is 32.9 Å². The van der Waals surface area contributed by atoms with Crippen LogP contribution in [0.4, 0.5) is 4.79 Å². The second-order valence-corrected chi connectivity index (χ2v) is 8.23. The topological polar surface area (TPSA) is 45.3 Å². The van der Waals surface area contributed by atoms with Crippen LogP contribution in [0.5, 0.6) is 0 Å². The lowest BCUT2D eigenvalue weighted by Gasteiger charge is -2.34. The van der Waals surface area contributed by atoms with Gasteiger partial charge in [-0.2, -0.15) is 0 Å². The Morgan fingerprint density at radius 3 is 2.88 bits per heavy atom. The number of fused-ring (bicyclic) bond motifs is 3. The zero-order valence-electron chi connectivity index (χ0n) is 12.9. The lowest BCUT2D eigenvalue weighted by molar-refractivity contribution is 0.0836. The smallest absolute Gasteiger partial charge is 0.410 e. The maximum Gasteiger partial charge on any atom is 0.410 e. The number of carbonyl (C=O) groups excluding carboxylic acids is 1. The molecule has 1 unspecified atom stereocenters. The number of carbonyl (C=O) groups is 1. The van der Waals surface area contributed by atoms with Gasteiger partial charge in [-0.05, 0) is 24.5 Å². The molecule has 0 saturated carbocycles. The fraction of sp³-hybridized carbons (Fsp3) is 0.353. The molecular formula is C17H17Cl3N2O2. The van der Waals surface area contributed by atoms with E-state index in [0.29, 0.717) is 13.0 Å². The molecule has 1 aromatic heterocycles. The molecule has 1 aromatic carbocycles. The molecule has 0 saturated heterocycles. The van der Waals surface area contributed by atoms with Gasteiger partial charge in [0.2, 0.25) is 3.79 Å². The predicted molar refractivity (Wildman–Crippen MR) is 97.9 cm³/mol. The van der Waals surface area contributed by atoms with Gasteiger partial charge in [-0.25, -0.2) is 4.79 Å².